The molecule has 2 atom stereocenters. The summed E-state index contributed by atoms with van der Waals surface area (Å²) in [5.41, 5.74) is 0.0757. The summed E-state index contributed by atoms with van der Waals surface area (Å²) in [6.45, 7) is 2.10. The van der Waals surface area contributed by atoms with E-state index in [9.17, 15) is 9.59 Å². The Bertz CT molecular complexity index is 400. The quantitative estimate of drug-likeness (QED) is 0.545. The molecule has 19 heavy (non-hydrogen) atoms. The normalized spacial score (nSPS) is 34.2. The van der Waals surface area contributed by atoms with Crippen molar-refractivity contribution in [2.45, 2.75) is 70.4 Å². The van der Waals surface area contributed by atoms with Crippen molar-refractivity contribution in [1.29, 1.82) is 0 Å². The van der Waals surface area contributed by atoms with E-state index in [0.717, 1.165) is 44.4 Å². The molecule has 4 heteroatoms. The van der Waals surface area contributed by atoms with Crippen molar-refractivity contribution in [3.05, 3.63) is 0 Å². The number of isocyanates is 2. The molecule has 104 valence electrons. The predicted octanol–water partition coefficient (Wildman–Crippen LogP) is 3.17. The molecule has 4 nitrogen and oxygen atoms in total. The van der Waals surface area contributed by atoms with E-state index in [1.165, 1.54) is 12.8 Å². The van der Waals surface area contributed by atoms with Gasteiger partial charge < -0.3 is 0 Å². The van der Waals surface area contributed by atoms with Crippen LogP contribution in [-0.4, -0.2) is 24.2 Å². The van der Waals surface area contributed by atoms with Crippen molar-refractivity contribution < 1.29 is 9.59 Å². The van der Waals surface area contributed by atoms with Gasteiger partial charge in [0.25, 0.3) is 0 Å². The molecule has 0 amide bonds. The number of aliphatic imine (C=N–C) groups is 2. The van der Waals surface area contributed by atoms with Crippen molar-refractivity contribution >= 4 is 12.2 Å². The van der Waals surface area contributed by atoms with Gasteiger partial charge in [0, 0.05) is 0 Å². The van der Waals surface area contributed by atoms with E-state index in [1.54, 1.807) is 12.2 Å². The van der Waals surface area contributed by atoms with Crippen LogP contribution in [0.1, 0.15) is 58.3 Å². The Morgan fingerprint density at radius 2 is 2.00 bits per heavy atom. The Hall–Kier alpha value is -1.24. The average Bonchev–Trinajstić information content (AvgIpc) is 2.41. The molecule has 0 heterocycles. The van der Waals surface area contributed by atoms with E-state index in [-0.39, 0.29) is 17.5 Å². The SMILES string of the molecule is CCCC(CC12CCC(CC1)CC2N=C=O)N=C=O. The molecule has 0 spiro atoms. The molecular formula is C15H22N2O2. The van der Waals surface area contributed by atoms with Crippen LogP contribution in [0.5, 0.6) is 0 Å². The third kappa shape index (κ3) is 3.02. The number of rotatable bonds is 6. The first kappa shape index (κ1) is 14.2. The summed E-state index contributed by atoms with van der Waals surface area (Å²) in [5.74, 6) is 0.725. The first-order chi connectivity index (χ1) is 9.24. The maximum Gasteiger partial charge on any atom is 0.235 e. The minimum atomic E-state index is 0.0431. The number of carbonyl (C=O) groups excluding carboxylic acids is 2. The highest BCUT2D eigenvalue weighted by atomic mass is 16.1. The Labute approximate surface area is 114 Å². The fourth-order valence-electron chi connectivity index (χ4n) is 4.07. The van der Waals surface area contributed by atoms with Gasteiger partial charge in [0.2, 0.25) is 12.2 Å². The zero-order valence-corrected chi connectivity index (χ0v) is 11.6. The number of fused-ring (bicyclic) bond motifs is 3. The van der Waals surface area contributed by atoms with Gasteiger partial charge in [-0.25, -0.2) is 19.6 Å². The van der Waals surface area contributed by atoms with Gasteiger partial charge in [0.15, 0.2) is 0 Å². The van der Waals surface area contributed by atoms with Crippen molar-refractivity contribution in [1.82, 2.24) is 0 Å². The van der Waals surface area contributed by atoms with Gasteiger partial charge in [-0.3, -0.25) is 0 Å². The molecule has 0 aromatic rings. The third-order valence-electron chi connectivity index (χ3n) is 5.07. The Kier molecular flexibility index (Phi) is 4.68. The molecule has 0 aromatic heterocycles. The lowest BCUT2D eigenvalue weighted by Gasteiger charge is -2.51. The zero-order valence-electron chi connectivity index (χ0n) is 11.6. The third-order valence-corrected chi connectivity index (χ3v) is 5.07. The summed E-state index contributed by atoms with van der Waals surface area (Å²) in [4.78, 5) is 29.2. The van der Waals surface area contributed by atoms with Crippen LogP contribution < -0.4 is 0 Å². The average molecular weight is 262 g/mol. The maximum absolute atomic E-state index is 10.7. The Morgan fingerprint density at radius 3 is 2.58 bits per heavy atom. The lowest BCUT2D eigenvalue weighted by Crippen LogP contribution is -2.46. The second kappa shape index (κ2) is 6.27. The van der Waals surface area contributed by atoms with Crippen LogP contribution in [0.2, 0.25) is 0 Å². The molecule has 2 unspecified atom stereocenters. The molecule has 3 saturated carbocycles. The largest absolute Gasteiger partial charge is 0.235 e. The van der Waals surface area contributed by atoms with Crippen molar-refractivity contribution in [3.8, 4) is 0 Å². The molecule has 3 fully saturated rings. The second-order valence-corrected chi connectivity index (χ2v) is 6.14. The topological polar surface area (TPSA) is 58.9 Å². The molecule has 0 radical (unpaired) electrons. The first-order valence-electron chi connectivity index (χ1n) is 7.38. The first-order valence-corrected chi connectivity index (χ1v) is 7.38. The molecule has 3 aliphatic rings. The van der Waals surface area contributed by atoms with Crippen molar-refractivity contribution in [2.24, 2.45) is 21.3 Å². The van der Waals surface area contributed by atoms with Gasteiger partial charge >= 0.3 is 0 Å². The van der Waals surface area contributed by atoms with Crippen LogP contribution >= 0.6 is 0 Å². The number of hydrogen-bond donors (Lipinski definition) is 0. The molecule has 0 aliphatic heterocycles. The number of nitrogens with zero attached hydrogens (tertiary/aromatic N) is 2. The molecular weight excluding hydrogens is 240 g/mol. The molecule has 3 aliphatic carbocycles. The lowest BCUT2D eigenvalue weighted by molar-refractivity contribution is 0.0265. The summed E-state index contributed by atoms with van der Waals surface area (Å²) in [6, 6.07) is 0.139. The van der Waals surface area contributed by atoms with Crippen LogP contribution in [0.15, 0.2) is 9.98 Å². The summed E-state index contributed by atoms with van der Waals surface area (Å²) >= 11 is 0. The number of hydrogen-bond acceptors (Lipinski definition) is 4. The van der Waals surface area contributed by atoms with Crippen LogP contribution in [0, 0.1) is 11.3 Å². The minimum absolute atomic E-state index is 0.0431. The van der Waals surface area contributed by atoms with Gasteiger partial charge in [0.05, 0.1) is 12.1 Å². The summed E-state index contributed by atoms with van der Waals surface area (Å²) in [6.07, 6.45) is 12.0. The van der Waals surface area contributed by atoms with Crippen LogP contribution in [0.3, 0.4) is 0 Å². The second-order valence-electron chi connectivity index (χ2n) is 6.14. The van der Waals surface area contributed by atoms with Gasteiger partial charge in [-0.2, -0.15) is 0 Å². The van der Waals surface area contributed by atoms with Gasteiger partial charge in [-0.1, -0.05) is 13.3 Å². The van der Waals surface area contributed by atoms with E-state index in [2.05, 4.69) is 16.9 Å². The monoisotopic (exact) mass is 262 g/mol. The Morgan fingerprint density at radius 1 is 1.26 bits per heavy atom. The highest BCUT2D eigenvalue weighted by Gasteiger charge is 2.48. The Balaban J connectivity index is 2.16. The van der Waals surface area contributed by atoms with Gasteiger partial charge in [-0.15, -0.1) is 0 Å². The standard InChI is InChI=1S/C15H22N2O2/c1-2-3-13(16-10-18)9-15-6-4-12(5-7-15)8-14(15)17-11-19/h12-14H,2-9H2,1H3. The zero-order chi connectivity index (χ0) is 13.7. The highest BCUT2D eigenvalue weighted by Crippen LogP contribution is 2.54. The summed E-state index contributed by atoms with van der Waals surface area (Å²) in [5, 5.41) is 0. The summed E-state index contributed by atoms with van der Waals surface area (Å²) < 4.78 is 0. The van der Waals surface area contributed by atoms with E-state index in [0.29, 0.717) is 0 Å². The molecule has 0 N–H and O–H groups in total. The van der Waals surface area contributed by atoms with E-state index >= 15 is 0 Å². The highest BCUT2D eigenvalue weighted by molar-refractivity contribution is 5.35. The van der Waals surface area contributed by atoms with Crippen LogP contribution in [0.4, 0.5) is 0 Å². The minimum Gasteiger partial charge on any atom is -0.211 e. The molecule has 0 aromatic carbocycles. The molecule has 0 saturated heterocycles. The predicted molar refractivity (Wildman–Crippen MR) is 72.4 cm³/mol. The summed E-state index contributed by atoms with van der Waals surface area (Å²) in [7, 11) is 0. The van der Waals surface area contributed by atoms with Gasteiger partial charge in [-0.05, 0) is 56.3 Å². The smallest absolute Gasteiger partial charge is 0.211 e. The molecule has 2 bridgehead atoms. The van der Waals surface area contributed by atoms with E-state index in [4.69, 9.17) is 0 Å². The lowest BCUT2D eigenvalue weighted by atomic mass is 9.56. The van der Waals surface area contributed by atoms with Gasteiger partial charge in [0.1, 0.15) is 0 Å². The van der Waals surface area contributed by atoms with Crippen LogP contribution in [0.25, 0.3) is 0 Å². The molecule has 3 rings (SSSR count). The fraction of sp³-hybridized carbons (Fsp3) is 0.867. The van der Waals surface area contributed by atoms with E-state index in [1.807, 2.05) is 0 Å². The van der Waals surface area contributed by atoms with Crippen molar-refractivity contribution in [3.63, 3.8) is 0 Å². The van der Waals surface area contributed by atoms with E-state index < -0.39 is 0 Å². The van der Waals surface area contributed by atoms with Crippen LogP contribution in [-0.2, 0) is 9.59 Å². The fourth-order valence-corrected chi connectivity index (χ4v) is 4.07. The van der Waals surface area contributed by atoms with Crippen molar-refractivity contribution in [2.75, 3.05) is 0 Å². The maximum atomic E-state index is 10.7.